The molecule has 0 saturated heterocycles. The molecule has 0 radical (unpaired) electrons. The summed E-state index contributed by atoms with van der Waals surface area (Å²) in [7, 11) is -0.817. The highest BCUT2D eigenvalue weighted by Crippen LogP contribution is 2.33. The van der Waals surface area contributed by atoms with Crippen molar-refractivity contribution in [3.8, 4) is 17.2 Å². The summed E-state index contributed by atoms with van der Waals surface area (Å²) in [6.07, 6.45) is 1.04. The van der Waals surface area contributed by atoms with Gasteiger partial charge in [-0.25, -0.2) is 8.42 Å². The number of carbonyl (C=O) groups is 1. The standard InChI is InChI=1S/C23H32N2O6S/c1-23(2,3)17-7-9-18(10-8-17)31-14-13-24-22(26)16-25(32(6,27)28)20-12-11-19(29-4)15-21(20)30-5/h7-12,15H,13-14,16H2,1-6H3,(H,24,26). The van der Waals surface area contributed by atoms with E-state index in [1.165, 1.54) is 25.8 Å². The average molecular weight is 465 g/mol. The number of ether oxygens (including phenoxy) is 3. The van der Waals surface area contributed by atoms with Gasteiger partial charge in [0.15, 0.2) is 0 Å². The topological polar surface area (TPSA) is 94.2 Å². The van der Waals surface area contributed by atoms with Gasteiger partial charge < -0.3 is 19.5 Å². The van der Waals surface area contributed by atoms with Crippen LogP contribution < -0.4 is 23.8 Å². The third-order valence-electron chi connectivity index (χ3n) is 4.76. The first kappa shape index (κ1) is 25.3. The number of rotatable bonds is 10. The second-order valence-corrected chi connectivity index (χ2v) is 10.2. The molecule has 0 aliphatic heterocycles. The lowest BCUT2D eigenvalue weighted by Crippen LogP contribution is -2.41. The van der Waals surface area contributed by atoms with Crippen LogP contribution in [0.4, 0.5) is 5.69 Å². The zero-order valence-corrected chi connectivity index (χ0v) is 20.3. The van der Waals surface area contributed by atoms with Crippen LogP contribution in [0, 0.1) is 0 Å². The summed E-state index contributed by atoms with van der Waals surface area (Å²) in [6, 6.07) is 12.5. The summed E-state index contributed by atoms with van der Waals surface area (Å²) in [6.45, 7) is 6.52. The first-order valence-corrected chi connectivity index (χ1v) is 12.0. The number of hydrogen-bond donors (Lipinski definition) is 1. The van der Waals surface area contributed by atoms with Crippen molar-refractivity contribution in [1.29, 1.82) is 0 Å². The molecule has 1 N–H and O–H groups in total. The van der Waals surface area contributed by atoms with Gasteiger partial charge in [-0.05, 0) is 35.2 Å². The monoisotopic (exact) mass is 464 g/mol. The number of nitrogens with one attached hydrogen (secondary N) is 1. The second-order valence-electron chi connectivity index (χ2n) is 8.28. The van der Waals surface area contributed by atoms with Crippen molar-refractivity contribution in [2.24, 2.45) is 0 Å². The Balaban J connectivity index is 1.96. The maximum absolute atomic E-state index is 12.4. The molecule has 0 heterocycles. The lowest BCUT2D eigenvalue weighted by Gasteiger charge is -2.24. The molecule has 0 atom stereocenters. The molecule has 2 aromatic rings. The van der Waals surface area contributed by atoms with Crippen LogP contribution in [-0.4, -0.2) is 54.5 Å². The average Bonchev–Trinajstić information content (AvgIpc) is 2.73. The molecule has 0 saturated carbocycles. The van der Waals surface area contributed by atoms with E-state index in [1.54, 1.807) is 12.1 Å². The van der Waals surface area contributed by atoms with Crippen molar-refractivity contribution < 1.29 is 27.4 Å². The van der Waals surface area contributed by atoms with Crippen LogP contribution in [-0.2, 0) is 20.2 Å². The van der Waals surface area contributed by atoms with Gasteiger partial charge >= 0.3 is 0 Å². The van der Waals surface area contributed by atoms with Gasteiger partial charge in [0.2, 0.25) is 15.9 Å². The smallest absolute Gasteiger partial charge is 0.240 e. The highest BCUT2D eigenvalue weighted by Gasteiger charge is 2.24. The molecule has 176 valence electrons. The van der Waals surface area contributed by atoms with Crippen molar-refractivity contribution >= 4 is 21.6 Å². The van der Waals surface area contributed by atoms with Crippen LogP contribution >= 0.6 is 0 Å². The fourth-order valence-electron chi connectivity index (χ4n) is 2.97. The predicted molar refractivity (Wildman–Crippen MR) is 125 cm³/mol. The molecule has 0 aromatic heterocycles. The zero-order chi connectivity index (χ0) is 23.9. The van der Waals surface area contributed by atoms with Crippen LogP contribution in [0.15, 0.2) is 42.5 Å². The maximum atomic E-state index is 12.4. The van der Waals surface area contributed by atoms with Crippen molar-refractivity contribution in [1.82, 2.24) is 5.32 Å². The lowest BCUT2D eigenvalue weighted by molar-refractivity contribution is -0.119. The van der Waals surface area contributed by atoms with Gasteiger partial charge in [-0.2, -0.15) is 0 Å². The van der Waals surface area contributed by atoms with E-state index in [2.05, 4.69) is 26.1 Å². The van der Waals surface area contributed by atoms with Crippen LogP contribution in [0.3, 0.4) is 0 Å². The molecule has 0 unspecified atom stereocenters. The van der Waals surface area contributed by atoms with E-state index in [-0.39, 0.29) is 36.5 Å². The fraction of sp³-hybridized carbons (Fsp3) is 0.435. The molecule has 0 aliphatic rings. The summed E-state index contributed by atoms with van der Waals surface area (Å²) in [5.41, 5.74) is 1.51. The molecular weight excluding hydrogens is 432 g/mol. The highest BCUT2D eigenvalue weighted by molar-refractivity contribution is 7.92. The minimum Gasteiger partial charge on any atom is -0.497 e. The van der Waals surface area contributed by atoms with E-state index in [0.717, 1.165) is 10.6 Å². The van der Waals surface area contributed by atoms with Gasteiger partial charge in [0, 0.05) is 6.07 Å². The largest absolute Gasteiger partial charge is 0.497 e. The third kappa shape index (κ3) is 7.05. The Morgan fingerprint density at radius 3 is 2.16 bits per heavy atom. The first-order chi connectivity index (χ1) is 15.0. The maximum Gasteiger partial charge on any atom is 0.240 e. The van der Waals surface area contributed by atoms with Crippen LogP contribution in [0.1, 0.15) is 26.3 Å². The van der Waals surface area contributed by atoms with Crippen molar-refractivity contribution in [2.75, 3.05) is 44.5 Å². The molecule has 2 rings (SSSR count). The molecule has 0 aliphatic carbocycles. The van der Waals surface area contributed by atoms with Crippen molar-refractivity contribution in [3.05, 3.63) is 48.0 Å². The van der Waals surface area contributed by atoms with E-state index in [4.69, 9.17) is 14.2 Å². The van der Waals surface area contributed by atoms with Gasteiger partial charge in [-0.3, -0.25) is 9.10 Å². The minimum absolute atomic E-state index is 0.0601. The summed E-state index contributed by atoms with van der Waals surface area (Å²) >= 11 is 0. The minimum atomic E-state index is -3.73. The number of carbonyl (C=O) groups excluding carboxylic acids is 1. The highest BCUT2D eigenvalue weighted by atomic mass is 32.2. The van der Waals surface area contributed by atoms with Crippen LogP contribution in [0.5, 0.6) is 17.2 Å². The lowest BCUT2D eigenvalue weighted by atomic mass is 9.87. The summed E-state index contributed by atoms with van der Waals surface area (Å²) in [4.78, 5) is 12.4. The van der Waals surface area contributed by atoms with E-state index < -0.39 is 15.9 Å². The quantitative estimate of drug-likeness (QED) is 0.544. The Bertz CT molecular complexity index is 1010. The number of benzene rings is 2. The Labute approximate surface area is 190 Å². The summed E-state index contributed by atoms with van der Waals surface area (Å²) in [5.74, 6) is 1.04. The molecule has 9 heteroatoms. The van der Waals surface area contributed by atoms with Crippen molar-refractivity contribution in [2.45, 2.75) is 26.2 Å². The fourth-order valence-corrected chi connectivity index (χ4v) is 3.83. The number of hydrogen-bond acceptors (Lipinski definition) is 6. The Hall–Kier alpha value is -2.94. The molecule has 2 aromatic carbocycles. The van der Waals surface area contributed by atoms with Crippen molar-refractivity contribution in [3.63, 3.8) is 0 Å². The summed E-state index contributed by atoms with van der Waals surface area (Å²) < 4.78 is 41.8. The normalized spacial score (nSPS) is 11.6. The van der Waals surface area contributed by atoms with Gasteiger partial charge in [-0.15, -0.1) is 0 Å². The number of amides is 1. The van der Waals surface area contributed by atoms with Gasteiger partial charge in [0.05, 0.1) is 32.7 Å². The number of sulfonamides is 1. The molecular formula is C23H32N2O6S. The Morgan fingerprint density at radius 1 is 1.00 bits per heavy atom. The van der Waals surface area contributed by atoms with E-state index in [1.807, 2.05) is 24.3 Å². The molecule has 8 nitrogen and oxygen atoms in total. The van der Waals surface area contributed by atoms with E-state index in [0.29, 0.717) is 11.5 Å². The van der Waals surface area contributed by atoms with Gasteiger partial charge in [0.25, 0.3) is 0 Å². The molecule has 0 spiro atoms. The van der Waals surface area contributed by atoms with Gasteiger partial charge in [-0.1, -0.05) is 32.9 Å². The Kier molecular flexibility index (Phi) is 8.38. The number of anilines is 1. The first-order valence-electron chi connectivity index (χ1n) is 10.2. The molecule has 0 bridgehead atoms. The zero-order valence-electron chi connectivity index (χ0n) is 19.5. The summed E-state index contributed by atoms with van der Waals surface area (Å²) in [5, 5.41) is 2.69. The SMILES string of the molecule is COc1ccc(N(CC(=O)NCCOc2ccc(C(C)(C)C)cc2)S(C)(=O)=O)c(OC)c1. The third-order valence-corrected chi connectivity index (χ3v) is 5.88. The van der Waals surface area contributed by atoms with Crippen LogP contribution in [0.2, 0.25) is 0 Å². The van der Waals surface area contributed by atoms with Gasteiger partial charge in [0.1, 0.15) is 30.4 Å². The Morgan fingerprint density at radius 2 is 1.62 bits per heavy atom. The van der Waals surface area contributed by atoms with E-state index >= 15 is 0 Å². The number of methoxy groups -OCH3 is 2. The number of nitrogens with zero attached hydrogens (tertiary/aromatic N) is 1. The molecule has 32 heavy (non-hydrogen) atoms. The second kappa shape index (κ2) is 10.6. The molecule has 1 amide bonds. The molecule has 0 fully saturated rings. The predicted octanol–water partition coefficient (Wildman–Crippen LogP) is 2.96. The van der Waals surface area contributed by atoms with E-state index in [9.17, 15) is 13.2 Å². The van der Waals surface area contributed by atoms with Crippen LogP contribution in [0.25, 0.3) is 0 Å².